The fourth-order valence-electron chi connectivity index (χ4n) is 4.18. The van der Waals surface area contributed by atoms with Gasteiger partial charge in [-0.3, -0.25) is 4.79 Å². The predicted molar refractivity (Wildman–Crippen MR) is 135 cm³/mol. The number of hydrogen-bond acceptors (Lipinski definition) is 5. The van der Waals surface area contributed by atoms with Crippen LogP contribution in [0.1, 0.15) is 43.6 Å². The third-order valence-electron chi connectivity index (χ3n) is 5.97. The van der Waals surface area contributed by atoms with Gasteiger partial charge < -0.3 is 14.6 Å². The molecule has 1 fully saturated rings. The first-order valence-electron chi connectivity index (χ1n) is 11.5. The van der Waals surface area contributed by atoms with Crippen molar-refractivity contribution in [1.29, 1.82) is 0 Å². The van der Waals surface area contributed by atoms with Gasteiger partial charge in [0.1, 0.15) is 11.9 Å². The van der Waals surface area contributed by atoms with Crippen molar-refractivity contribution in [2.75, 3.05) is 18.0 Å². The molecule has 0 aliphatic carbocycles. The standard InChI is InChI=1S/C25H31N3O2SSi/c1-3-5-18-32(20-12-8-6-9-13-20,21-14-10-7-11-15-21)30-23-16-17-28(23)25-27-22(19-31-25)24(29)26-4-2/h6-15,19,23H,3-5,16-18H2,1-2H3,(H,26,29). The van der Waals surface area contributed by atoms with Gasteiger partial charge in [-0.15, -0.1) is 11.3 Å². The predicted octanol–water partition coefficient (Wildman–Crippen LogP) is 4.01. The molecule has 1 N–H and O–H groups in total. The zero-order valence-corrected chi connectivity index (χ0v) is 20.6. The Labute approximate surface area is 195 Å². The average Bonchev–Trinajstić information content (AvgIpc) is 3.29. The van der Waals surface area contributed by atoms with Crippen molar-refractivity contribution < 1.29 is 9.22 Å². The molecular weight excluding hydrogens is 434 g/mol. The lowest BCUT2D eigenvalue weighted by molar-refractivity contribution is 0.0950. The van der Waals surface area contributed by atoms with Gasteiger partial charge in [-0.05, 0) is 23.3 Å². The van der Waals surface area contributed by atoms with Gasteiger partial charge in [0.2, 0.25) is 0 Å². The number of amides is 1. The molecule has 0 spiro atoms. The van der Waals surface area contributed by atoms with E-state index in [4.69, 9.17) is 4.43 Å². The number of aromatic nitrogens is 1. The Balaban J connectivity index is 1.65. The summed E-state index contributed by atoms with van der Waals surface area (Å²) >= 11 is 1.52. The zero-order chi connectivity index (χ0) is 22.4. The van der Waals surface area contributed by atoms with E-state index in [0.29, 0.717) is 12.2 Å². The minimum Gasteiger partial charge on any atom is -0.388 e. The van der Waals surface area contributed by atoms with Crippen molar-refractivity contribution in [3.05, 3.63) is 71.7 Å². The van der Waals surface area contributed by atoms with Crippen LogP contribution in [0.5, 0.6) is 0 Å². The maximum Gasteiger partial charge on any atom is 0.270 e. The molecule has 2 heterocycles. The number of thiazole rings is 1. The number of rotatable bonds is 10. The molecule has 2 aromatic carbocycles. The maximum absolute atomic E-state index is 12.2. The Morgan fingerprint density at radius 3 is 2.31 bits per heavy atom. The minimum atomic E-state index is -2.45. The van der Waals surface area contributed by atoms with Crippen molar-refractivity contribution in [3.8, 4) is 0 Å². The third kappa shape index (κ3) is 4.65. The monoisotopic (exact) mass is 465 g/mol. The van der Waals surface area contributed by atoms with Crippen LogP contribution in [0.2, 0.25) is 6.04 Å². The molecule has 1 unspecified atom stereocenters. The molecule has 1 aromatic heterocycles. The Kier molecular flexibility index (Phi) is 7.39. The second-order valence-corrected chi connectivity index (χ2v) is 12.5. The lowest BCUT2D eigenvalue weighted by Crippen LogP contribution is -2.66. The maximum atomic E-state index is 12.2. The van der Waals surface area contributed by atoms with E-state index in [1.54, 1.807) is 0 Å². The van der Waals surface area contributed by atoms with Crippen molar-refractivity contribution in [2.24, 2.45) is 0 Å². The van der Waals surface area contributed by atoms with E-state index in [0.717, 1.165) is 37.0 Å². The van der Waals surface area contributed by atoms with E-state index in [1.165, 1.54) is 21.7 Å². The second-order valence-electron chi connectivity index (χ2n) is 8.09. The number of hydrogen-bond donors (Lipinski definition) is 1. The number of nitrogens with one attached hydrogen (secondary N) is 1. The third-order valence-corrected chi connectivity index (χ3v) is 11.1. The summed E-state index contributed by atoms with van der Waals surface area (Å²) in [5.74, 6) is -0.117. The van der Waals surface area contributed by atoms with E-state index in [9.17, 15) is 4.79 Å². The highest BCUT2D eigenvalue weighted by atomic mass is 32.1. The Bertz CT molecular complexity index is 973. The molecule has 168 valence electrons. The molecule has 3 aromatic rings. The van der Waals surface area contributed by atoms with Crippen molar-refractivity contribution in [3.63, 3.8) is 0 Å². The highest BCUT2D eigenvalue weighted by Crippen LogP contribution is 2.33. The zero-order valence-electron chi connectivity index (χ0n) is 18.8. The van der Waals surface area contributed by atoms with Crippen LogP contribution in [0, 0.1) is 0 Å². The summed E-state index contributed by atoms with van der Waals surface area (Å²) in [7, 11) is -2.45. The van der Waals surface area contributed by atoms with E-state index in [-0.39, 0.29) is 12.1 Å². The smallest absolute Gasteiger partial charge is 0.270 e. The van der Waals surface area contributed by atoms with E-state index >= 15 is 0 Å². The molecule has 1 saturated heterocycles. The summed E-state index contributed by atoms with van der Waals surface area (Å²) in [6.45, 7) is 5.65. The highest BCUT2D eigenvalue weighted by molar-refractivity contribution is 7.14. The van der Waals surface area contributed by atoms with Crippen LogP contribution < -0.4 is 20.6 Å². The Morgan fingerprint density at radius 1 is 1.12 bits per heavy atom. The van der Waals surface area contributed by atoms with Crippen molar-refractivity contribution >= 4 is 41.1 Å². The number of anilines is 1. The summed E-state index contributed by atoms with van der Waals surface area (Å²) in [5, 5.41) is 8.16. The first-order chi connectivity index (χ1) is 15.7. The molecule has 0 bridgehead atoms. The van der Waals surface area contributed by atoms with Crippen LogP contribution in [-0.2, 0) is 4.43 Å². The molecule has 1 aliphatic rings. The molecule has 4 rings (SSSR count). The van der Waals surface area contributed by atoms with Gasteiger partial charge in [0.15, 0.2) is 5.13 Å². The molecule has 1 atom stereocenters. The summed E-state index contributed by atoms with van der Waals surface area (Å²) in [4.78, 5) is 19.0. The Hall–Kier alpha value is -2.48. The molecule has 1 amide bonds. The van der Waals surface area contributed by atoms with Crippen molar-refractivity contribution in [1.82, 2.24) is 10.3 Å². The SMILES string of the molecule is CCCC[Si](OC1CCN1c1nc(C(=O)NCC)cs1)(c1ccccc1)c1ccccc1. The van der Waals surface area contributed by atoms with Gasteiger partial charge in [-0.2, -0.15) is 0 Å². The number of unbranched alkanes of at least 4 members (excludes halogenated alkanes) is 1. The topological polar surface area (TPSA) is 54.5 Å². The molecule has 0 saturated carbocycles. The van der Waals surface area contributed by atoms with Gasteiger partial charge in [0.25, 0.3) is 14.2 Å². The van der Waals surface area contributed by atoms with Gasteiger partial charge in [0, 0.05) is 24.9 Å². The van der Waals surface area contributed by atoms with E-state index < -0.39 is 8.32 Å². The minimum absolute atomic E-state index is 0.0211. The van der Waals surface area contributed by atoms with Gasteiger partial charge in [0.05, 0.1) is 0 Å². The number of benzene rings is 2. The first-order valence-corrected chi connectivity index (χ1v) is 14.5. The van der Waals surface area contributed by atoms with E-state index in [2.05, 4.69) is 82.8 Å². The van der Waals surface area contributed by atoms with Gasteiger partial charge in [-0.1, -0.05) is 80.4 Å². The Morgan fingerprint density at radius 2 is 1.78 bits per heavy atom. The normalized spacial score (nSPS) is 15.9. The van der Waals surface area contributed by atoms with Crippen LogP contribution in [0.25, 0.3) is 0 Å². The van der Waals surface area contributed by atoms with Crippen LogP contribution in [-0.4, -0.2) is 38.5 Å². The molecule has 32 heavy (non-hydrogen) atoms. The average molecular weight is 466 g/mol. The molecule has 1 aliphatic heterocycles. The number of carbonyl (C=O) groups excluding carboxylic acids is 1. The van der Waals surface area contributed by atoms with Gasteiger partial charge >= 0.3 is 0 Å². The highest BCUT2D eigenvalue weighted by Gasteiger charge is 2.45. The summed E-state index contributed by atoms with van der Waals surface area (Å²) in [6.07, 6.45) is 3.21. The molecule has 0 radical (unpaired) electrons. The van der Waals surface area contributed by atoms with Gasteiger partial charge in [-0.25, -0.2) is 4.98 Å². The fraction of sp³-hybridized carbons (Fsp3) is 0.360. The molecular formula is C25H31N3O2SSi. The lowest BCUT2D eigenvalue weighted by Gasteiger charge is -2.46. The van der Waals surface area contributed by atoms with E-state index in [1.807, 2.05) is 12.3 Å². The lowest BCUT2D eigenvalue weighted by atomic mass is 10.2. The fourth-order valence-corrected chi connectivity index (χ4v) is 9.38. The first kappa shape index (κ1) is 22.7. The summed E-state index contributed by atoms with van der Waals surface area (Å²) < 4.78 is 7.16. The van der Waals surface area contributed by atoms with Crippen LogP contribution >= 0.6 is 11.3 Å². The van der Waals surface area contributed by atoms with Crippen molar-refractivity contribution in [2.45, 2.75) is 45.4 Å². The second kappa shape index (κ2) is 10.4. The summed E-state index contributed by atoms with van der Waals surface area (Å²) in [5.41, 5.74) is 0.484. The number of carbonyl (C=O) groups is 1. The quantitative estimate of drug-likeness (QED) is 0.460. The molecule has 7 heteroatoms. The summed E-state index contributed by atoms with van der Waals surface area (Å²) in [6, 6.07) is 22.6. The van der Waals surface area contributed by atoms with Crippen LogP contribution in [0.15, 0.2) is 66.0 Å². The number of nitrogens with zero attached hydrogens (tertiary/aromatic N) is 2. The van der Waals surface area contributed by atoms with Crippen LogP contribution in [0.4, 0.5) is 5.13 Å². The molecule has 5 nitrogen and oxygen atoms in total. The van der Waals surface area contributed by atoms with Crippen LogP contribution in [0.3, 0.4) is 0 Å². The largest absolute Gasteiger partial charge is 0.388 e.